The molecule has 2 aliphatic rings. The minimum absolute atomic E-state index is 0.808. The van der Waals surface area contributed by atoms with Crippen LogP contribution in [0.1, 0.15) is 38.5 Å². The van der Waals surface area contributed by atoms with Gasteiger partial charge in [-0.1, -0.05) is 28.8 Å². The Balaban J connectivity index is 1.84. The highest BCUT2D eigenvalue weighted by Crippen LogP contribution is 2.33. The van der Waals surface area contributed by atoms with Gasteiger partial charge >= 0.3 is 0 Å². The number of unbranched alkanes of at least 4 members (excludes halogenated alkanes) is 1. The van der Waals surface area contributed by atoms with Crippen molar-refractivity contribution in [2.75, 3.05) is 18.9 Å². The van der Waals surface area contributed by atoms with Gasteiger partial charge in [-0.15, -0.1) is 0 Å². The normalized spacial score (nSPS) is 33.2. The van der Waals surface area contributed by atoms with Gasteiger partial charge in [-0.3, -0.25) is 9.80 Å². The molecule has 0 aromatic carbocycles. The van der Waals surface area contributed by atoms with Crippen LogP contribution in [0.15, 0.2) is 0 Å². The van der Waals surface area contributed by atoms with E-state index < -0.39 is 0 Å². The molecule has 1 aliphatic carbocycles. The van der Waals surface area contributed by atoms with Crippen molar-refractivity contribution >= 4 is 15.9 Å². The topological polar surface area (TPSA) is 6.48 Å². The van der Waals surface area contributed by atoms with E-state index in [2.05, 4.69) is 39.4 Å². The van der Waals surface area contributed by atoms with Crippen LogP contribution in [-0.2, 0) is 0 Å². The molecule has 2 atom stereocenters. The van der Waals surface area contributed by atoms with Crippen LogP contribution in [0.2, 0.25) is 0 Å². The summed E-state index contributed by atoms with van der Waals surface area (Å²) in [6.07, 6.45) is 8.27. The molecule has 2 unspecified atom stereocenters. The summed E-state index contributed by atoms with van der Waals surface area (Å²) in [5, 5.41) is 1.14. The van der Waals surface area contributed by atoms with E-state index in [0.717, 1.165) is 17.4 Å². The van der Waals surface area contributed by atoms with Gasteiger partial charge in [0.2, 0.25) is 0 Å². The van der Waals surface area contributed by atoms with Crippen LogP contribution in [-0.4, -0.2) is 40.8 Å². The number of halogens is 1. The van der Waals surface area contributed by atoms with Gasteiger partial charge in [0.25, 0.3) is 0 Å². The smallest absolute Gasteiger partial charge is 0.0924 e. The summed E-state index contributed by atoms with van der Waals surface area (Å²) in [4.78, 5) is 5.03. The van der Waals surface area contributed by atoms with Gasteiger partial charge in [-0.25, -0.2) is 0 Å². The molecule has 0 aromatic rings. The Kier molecular flexibility index (Phi) is 4.47. The van der Waals surface area contributed by atoms with Crippen molar-refractivity contribution < 1.29 is 0 Å². The number of hydrogen-bond acceptors (Lipinski definition) is 2. The van der Waals surface area contributed by atoms with Crippen LogP contribution >= 0.6 is 15.9 Å². The van der Waals surface area contributed by atoms with Gasteiger partial charge in [-0.05, 0) is 32.7 Å². The molecular weight excluding hydrogens is 252 g/mol. The van der Waals surface area contributed by atoms with E-state index >= 15 is 0 Å². The van der Waals surface area contributed by atoms with Crippen molar-refractivity contribution in [1.29, 1.82) is 0 Å². The van der Waals surface area contributed by atoms with Crippen LogP contribution in [0, 0.1) is 6.67 Å². The lowest BCUT2D eigenvalue weighted by atomic mass is 9.90. The molecule has 0 N–H and O–H groups in total. The fourth-order valence-electron chi connectivity index (χ4n) is 2.97. The van der Waals surface area contributed by atoms with Gasteiger partial charge in [0.05, 0.1) is 6.67 Å². The first-order chi connectivity index (χ1) is 7.33. The standard InChI is InChI=1S/C12H22BrN2/c1-14-10-15(9-5-4-8-13)12-7-3-2-6-11(12)14/h10-12H,2-9H2,1H3. The molecule has 1 saturated carbocycles. The Morgan fingerprint density at radius 3 is 2.67 bits per heavy atom. The number of hydrogen-bond donors (Lipinski definition) is 0. The largest absolute Gasteiger partial charge is 0.284 e. The van der Waals surface area contributed by atoms with Gasteiger partial charge in [0, 0.05) is 24.0 Å². The summed E-state index contributed by atoms with van der Waals surface area (Å²) in [7, 11) is 2.24. The van der Waals surface area contributed by atoms with Gasteiger partial charge in [0.15, 0.2) is 0 Å². The first kappa shape index (κ1) is 11.9. The molecule has 0 bridgehead atoms. The maximum Gasteiger partial charge on any atom is 0.0924 e. The van der Waals surface area contributed by atoms with E-state index in [1.165, 1.54) is 45.1 Å². The molecule has 0 aromatic heterocycles. The maximum absolute atomic E-state index is 3.50. The highest BCUT2D eigenvalue weighted by Gasteiger charge is 2.39. The average Bonchev–Trinajstić information content (AvgIpc) is 2.58. The second-order valence-corrected chi connectivity index (χ2v) is 5.63. The van der Waals surface area contributed by atoms with Crippen LogP contribution in [0.5, 0.6) is 0 Å². The summed E-state index contributed by atoms with van der Waals surface area (Å²) < 4.78 is 0. The zero-order chi connectivity index (χ0) is 10.7. The van der Waals surface area contributed by atoms with Crippen molar-refractivity contribution in [1.82, 2.24) is 9.80 Å². The first-order valence-corrected chi connectivity index (χ1v) is 7.33. The van der Waals surface area contributed by atoms with Crippen molar-refractivity contribution in [3.63, 3.8) is 0 Å². The summed E-state index contributed by atoms with van der Waals surface area (Å²) in [5.74, 6) is 0. The minimum atomic E-state index is 0.808. The summed E-state index contributed by atoms with van der Waals surface area (Å²) >= 11 is 3.50. The Morgan fingerprint density at radius 2 is 1.93 bits per heavy atom. The zero-order valence-electron chi connectivity index (χ0n) is 9.66. The molecule has 15 heavy (non-hydrogen) atoms. The van der Waals surface area contributed by atoms with Crippen LogP contribution < -0.4 is 0 Å². The van der Waals surface area contributed by atoms with Crippen molar-refractivity contribution in [2.45, 2.75) is 50.6 Å². The minimum Gasteiger partial charge on any atom is -0.284 e. The molecule has 1 radical (unpaired) electrons. The fraction of sp³-hybridized carbons (Fsp3) is 0.917. The second kappa shape index (κ2) is 5.65. The SMILES string of the molecule is CN1[CH]N(CCCCBr)C2CCCCC21. The molecule has 1 heterocycles. The van der Waals surface area contributed by atoms with Crippen LogP contribution in [0.3, 0.4) is 0 Å². The maximum atomic E-state index is 3.50. The Morgan fingerprint density at radius 1 is 1.20 bits per heavy atom. The third-order valence-electron chi connectivity index (χ3n) is 3.77. The third kappa shape index (κ3) is 2.75. The highest BCUT2D eigenvalue weighted by molar-refractivity contribution is 9.09. The van der Waals surface area contributed by atoms with E-state index in [-0.39, 0.29) is 0 Å². The number of likely N-dealkylation sites (N-methyl/N-ethyl adjacent to an activating group) is 1. The van der Waals surface area contributed by atoms with Crippen molar-refractivity contribution in [2.24, 2.45) is 0 Å². The molecule has 2 fully saturated rings. The van der Waals surface area contributed by atoms with Crippen LogP contribution in [0.4, 0.5) is 0 Å². The summed E-state index contributed by atoms with van der Waals surface area (Å²) in [6.45, 7) is 3.60. The first-order valence-electron chi connectivity index (χ1n) is 6.21. The lowest BCUT2D eigenvalue weighted by Gasteiger charge is -2.31. The molecular formula is C12H22BrN2. The monoisotopic (exact) mass is 273 g/mol. The molecule has 87 valence electrons. The number of fused-ring (bicyclic) bond motifs is 1. The quantitative estimate of drug-likeness (QED) is 0.574. The Bertz CT molecular complexity index is 198. The Hall–Kier alpha value is 0.400. The zero-order valence-corrected chi connectivity index (χ0v) is 11.2. The molecule has 0 amide bonds. The fourth-order valence-corrected chi connectivity index (χ4v) is 3.37. The van der Waals surface area contributed by atoms with E-state index in [1.54, 1.807) is 0 Å². The second-order valence-electron chi connectivity index (χ2n) is 4.83. The van der Waals surface area contributed by atoms with Crippen molar-refractivity contribution in [3.05, 3.63) is 6.67 Å². The molecule has 2 rings (SSSR count). The predicted molar refractivity (Wildman–Crippen MR) is 67.8 cm³/mol. The molecule has 2 nitrogen and oxygen atoms in total. The van der Waals surface area contributed by atoms with Crippen LogP contribution in [0.25, 0.3) is 0 Å². The molecule has 1 saturated heterocycles. The third-order valence-corrected chi connectivity index (χ3v) is 4.33. The number of nitrogens with zero attached hydrogens (tertiary/aromatic N) is 2. The van der Waals surface area contributed by atoms with Crippen molar-refractivity contribution in [3.8, 4) is 0 Å². The Labute approximate surface area is 102 Å². The lowest BCUT2D eigenvalue weighted by Crippen LogP contribution is -2.39. The number of rotatable bonds is 4. The lowest BCUT2D eigenvalue weighted by molar-refractivity contribution is 0.212. The van der Waals surface area contributed by atoms with E-state index in [1.807, 2.05) is 0 Å². The average molecular weight is 274 g/mol. The molecule has 1 aliphatic heterocycles. The predicted octanol–water partition coefficient (Wildman–Crippen LogP) is 2.84. The summed E-state index contributed by atoms with van der Waals surface area (Å²) in [5.41, 5.74) is 0. The van der Waals surface area contributed by atoms with E-state index in [4.69, 9.17) is 0 Å². The highest BCUT2D eigenvalue weighted by atomic mass is 79.9. The number of alkyl halides is 1. The molecule has 0 spiro atoms. The summed E-state index contributed by atoms with van der Waals surface area (Å²) in [6, 6.07) is 1.63. The van der Waals surface area contributed by atoms with Gasteiger partial charge < -0.3 is 0 Å². The van der Waals surface area contributed by atoms with Gasteiger partial charge in [-0.2, -0.15) is 0 Å². The van der Waals surface area contributed by atoms with E-state index in [9.17, 15) is 0 Å². The molecule has 3 heteroatoms. The van der Waals surface area contributed by atoms with E-state index in [0.29, 0.717) is 0 Å². The van der Waals surface area contributed by atoms with Gasteiger partial charge in [0.1, 0.15) is 0 Å².